The van der Waals surface area contributed by atoms with Gasteiger partial charge in [0.2, 0.25) is 5.28 Å². The molecule has 0 aliphatic heterocycles. The van der Waals surface area contributed by atoms with Crippen molar-refractivity contribution in [2.45, 2.75) is 40.2 Å². The molecule has 3 heterocycles. The first kappa shape index (κ1) is 21.6. The molecule has 0 aliphatic carbocycles. The number of aromatic amines is 1. The molecule has 158 valence electrons. The fourth-order valence-corrected chi connectivity index (χ4v) is 3.16. The number of halogens is 1. The highest BCUT2D eigenvalue weighted by Gasteiger charge is 2.25. The number of hydrogen-bond donors (Lipinski definition) is 1. The molecule has 0 amide bonds. The van der Waals surface area contributed by atoms with Crippen molar-refractivity contribution in [1.82, 2.24) is 24.5 Å². The Hall–Kier alpha value is -3.13. The summed E-state index contributed by atoms with van der Waals surface area (Å²) < 4.78 is 12.4. The van der Waals surface area contributed by atoms with Crippen LogP contribution in [0.1, 0.15) is 34.6 Å². The first-order valence-electron chi connectivity index (χ1n) is 9.56. The van der Waals surface area contributed by atoms with Gasteiger partial charge in [-0.1, -0.05) is 13.8 Å². The number of rotatable bonds is 2. The van der Waals surface area contributed by atoms with Crippen LogP contribution in [0.4, 0.5) is 4.79 Å². The monoisotopic (exact) mass is 429 g/mol. The number of fused-ring (bicyclic) bond motifs is 2. The van der Waals surface area contributed by atoms with Crippen LogP contribution in [0.2, 0.25) is 5.28 Å². The van der Waals surface area contributed by atoms with E-state index in [4.69, 9.17) is 21.1 Å². The molecule has 4 aromatic rings. The van der Waals surface area contributed by atoms with Gasteiger partial charge in [-0.15, -0.1) is 0 Å². The van der Waals surface area contributed by atoms with Crippen molar-refractivity contribution in [1.29, 1.82) is 0 Å². The fraction of sp³-hybridized carbons (Fsp3) is 0.333. The van der Waals surface area contributed by atoms with Crippen LogP contribution in [0.3, 0.4) is 0 Å². The largest absolute Gasteiger partial charge is 0.497 e. The van der Waals surface area contributed by atoms with Gasteiger partial charge in [-0.25, -0.2) is 19.3 Å². The summed E-state index contributed by atoms with van der Waals surface area (Å²) in [5, 5.41) is 0.829. The van der Waals surface area contributed by atoms with Crippen LogP contribution in [0.5, 0.6) is 5.75 Å². The molecule has 1 N–H and O–H groups in total. The summed E-state index contributed by atoms with van der Waals surface area (Å²) in [5.41, 5.74) is 1.94. The van der Waals surface area contributed by atoms with E-state index in [0.29, 0.717) is 33.8 Å². The second-order valence-corrected chi connectivity index (χ2v) is 7.55. The minimum Gasteiger partial charge on any atom is -0.497 e. The number of carbonyl (C=O) groups is 1. The molecule has 3 aromatic heterocycles. The Morgan fingerprint density at radius 2 is 1.90 bits per heavy atom. The zero-order valence-electron chi connectivity index (χ0n) is 17.8. The minimum absolute atomic E-state index is 0.0353. The van der Waals surface area contributed by atoms with Crippen LogP contribution in [0.25, 0.3) is 33.5 Å². The van der Waals surface area contributed by atoms with Crippen molar-refractivity contribution >= 4 is 39.8 Å². The van der Waals surface area contributed by atoms with Gasteiger partial charge in [0, 0.05) is 5.39 Å². The lowest BCUT2D eigenvalue weighted by molar-refractivity contribution is 0.0547. The van der Waals surface area contributed by atoms with E-state index >= 15 is 0 Å². The van der Waals surface area contributed by atoms with E-state index in [2.05, 4.69) is 19.9 Å². The maximum Gasteiger partial charge on any atom is 0.419 e. The molecular formula is C21H24ClN5O3. The Morgan fingerprint density at radius 1 is 1.17 bits per heavy atom. The zero-order chi connectivity index (χ0) is 22.1. The van der Waals surface area contributed by atoms with E-state index in [-0.39, 0.29) is 5.28 Å². The summed E-state index contributed by atoms with van der Waals surface area (Å²) in [5.74, 6) is 0.674. The van der Waals surface area contributed by atoms with E-state index in [0.717, 1.165) is 5.39 Å². The van der Waals surface area contributed by atoms with Crippen molar-refractivity contribution in [3.63, 3.8) is 0 Å². The lowest BCUT2D eigenvalue weighted by atomic mass is 10.2. The Labute approximate surface area is 179 Å². The first-order chi connectivity index (χ1) is 14.3. The normalized spacial score (nSPS) is 11.3. The topological polar surface area (TPSA) is 94.9 Å². The van der Waals surface area contributed by atoms with E-state index in [1.807, 2.05) is 46.8 Å². The van der Waals surface area contributed by atoms with Crippen molar-refractivity contribution in [2.24, 2.45) is 0 Å². The lowest BCUT2D eigenvalue weighted by Crippen LogP contribution is -2.27. The molecule has 9 heteroatoms. The molecule has 0 bridgehead atoms. The molecule has 0 saturated carbocycles. The van der Waals surface area contributed by atoms with Gasteiger partial charge < -0.3 is 14.5 Å². The third kappa shape index (κ3) is 4.09. The van der Waals surface area contributed by atoms with Gasteiger partial charge in [0.15, 0.2) is 5.65 Å². The number of carbonyl (C=O) groups excluding carboxylic acids is 1. The fourth-order valence-electron chi connectivity index (χ4n) is 2.99. The van der Waals surface area contributed by atoms with Gasteiger partial charge >= 0.3 is 6.09 Å². The summed E-state index contributed by atoms with van der Waals surface area (Å²) in [6.07, 6.45) is 0.980. The van der Waals surface area contributed by atoms with Crippen LogP contribution in [-0.2, 0) is 4.74 Å². The van der Waals surface area contributed by atoms with Gasteiger partial charge in [-0.2, -0.15) is 4.98 Å². The predicted octanol–water partition coefficient (Wildman–Crippen LogP) is 5.45. The summed E-state index contributed by atoms with van der Waals surface area (Å²) >= 11 is 6.09. The van der Waals surface area contributed by atoms with Gasteiger partial charge in [0.1, 0.15) is 22.6 Å². The highest BCUT2D eigenvalue weighted by molar-refractivity contribution is 6.28. The Balaban J connectivity index is 0.00000124. The van der Waals surface area contributed by atoms with Gasteiger partial charge in [0.05, 0.1) is 24.6 Å². The molecular weight excluding hydrogens is 406 g/mol. The van der Waals surface area contributed by atoms with E-state index in [1.54, 1.807) is 19.2 Å². The Morgan fingerprint density at radius 3 is 2.57 bits per heavy atom. The second kappa shape index (κ2) is 8.31. The molecule has 8 nitrogen and oxygen atoms in total. The molecule has 0 spiro atoms. The number of nitrogens with zero attached hydrogens (tertiary/aromatic N) is 4. The smallest absolute Gasteiger partial charge is 0.419 e. The molecule has 30 heavy (non-hydrogen) atoms. The maximum atomic E-state index is 13.1. The number of aromatic nitrogens is 5. The zero-order valence-corrected chi connectivity index (χ0v) is 18.5. The highest BCUT2D eigenvalue weighted by Crippen LogP contribution is 2.33. The number of imidazole rings is 1. The van der Waals surface area contributed by atoms with E-state index < -0.39 is 11.7 Å². The minimum atomic E-state index is -0.663. The summed E-state index contributed by atoms with van der Waals surface area (Å²) in [6.45, 7) is 9.44. The molecule has 1 aromatic carbocycles. The summed E-state index contributed by atoms with van der Waals surface area (Å²) in [4.78, 5) is 28.7. The van der Waals surface area contributed by atoms with Crippen LogP contribution >= 0.6 is 11.6 Å². The van der Waals surface area contributed by atoms with Gasteiger partial charge in [-0.05, 0) is 56.6 Å². The van der Waals surface area contributed by atoms with Crippen molar-refractivity contribution in [3.8, 4) is 17.1 Å². The van der Waals surface area contributed by atoms with Crippen molar-refractivity contribution in [3.05, 3.63) is 35.9 Å². The quantitative estimate of drug-likeness (QED) is 0.426. The van der Waals surface area contributed by atoms with Crippen LogP contribution in [0, 0.1) is 0 Å². The third-order valence-corrected chi connectivity index (χ3v) is 4.25. The van der Waals surface area contributed by atoms with Crippen molar-refractivity contribution in [2.75, 3.05) is 7.11 Å². The molecule has 4 rings (SSSR count). The number of hydrogen-bond acceptors (Lipinski definition) is 6. The first-order valence-corrected chi connectivity index (χ1v) is 9.94. The SMILES string of the molecule is CC.COc1ccc2c(c1)cc(-c1nc(Cl)nc3nc[nH]c13)n2C(=O)OC(C)(C)C. The molecule has 0 unspecified atom stereocenters. The number of benzene rings is 1. The maximum absolute atomic E-state index is 13.1. The molecule has 0 atom stereocenters. The molecule has 0 radical (unpaired) electrons. The number of nitrogens with one attached hydrogen (secondary N) is 1. The van der Waals surface area contributed by atoms with Gasteiger partial charge in [0.25, 0.3) is 0 Å². The number of ether oxygens (including phenoxy) is 2. The summed E-state index contributed by atoms with van der Waals surface area (Å²) in [7, 11) is 1.59. The predicted molar refractivity (Wildman–Crippen MR) is 117 cm³/mol. The highest BCUT2D eigenvalue weighted by atomic mass is 35.5. The van der Waals surface area contributed by atoms with Crippen LogP contribution < -0.4 is 4.74 Å². The number of H-pyrrole nitrogens is 1. The molecule has 0 saturated heterocycles. The third-order valence-electron chi connectivity index (χ3n) is 4.09. The van der Waals surface area contributed by atoms with Crippen molar-refractivity contribution < 1.29 is 14.3 Å². The lowest BCUT2D eigenvalue weighted by Gasteiger charge is -2.21. The van der Waals surface area contributed by atoms with E-state index in [9.17, 15) is 4.79 Å². The average Bonchev–Trinajstić information content (AvgIpc) is 3.31. The molecule has 0 aliphatic rings. The summed E-state index contributed by atoms with van der Waals surface area (Å²) in [6, 6.07) is 7.26. The van der Waals surface area contributed by atoms with Gasteiger partial charge in [-0.3, -0.25) is 0 Å². The standard InChI is InChI=1S/C19H18ClN5O3.C2H6/c1-19(2,3)28-18(26)25-12-6-5-11(27-4)7-10(12)8-13(25)14-15-16(22-9-21-15)24-17(20)23-14;1-2/h5-9H,1-4H3,(H,21,22,23,24);1-2H3. The Kier molecular flexibility index (Phi) is 5.98. The molecule has 0 fully saturated rings. The van der Waals surface area contributed by atoms with Crippen LogP contribution in [0.15, 0.2) is 30.6 Å². The van der Waals surface area contributed by atoms with Crippen LogP contribution in [-0.4, -0.2) is 43.3 Å². The number of methoxy groups -OCH3 is 1. The van der Waals surface area contributed by atoms with E-state index in [1.165, 1.54) is 10.9 Å². The average molecular weight is 430 g/mol. The Bertz CT molecular complexity index is 1210. The second-order valence-electron chi connectivity index (χ2n) is 7.21.